The number of benzene rings is 1. The van der Waals surface area contributed by atoms with Gasteiger partial charge in [-0.25, -0.2) is 4.98 Å². The van der Waals surface area contributed by atoms with E-state index in [1.54, 1.807) is 6.26 Å². The van der Waals surface area contributed by atoms with E-state index in [4.69, 9.17) is 9.15 Å². The maximum atomic E-state index is 12.6. The normalized spacial score (nSPS) is 11.4. The fraction of sp³-hybridized carbons (Fsp3) is 0.238. The van der Waals surface area contributed by atoms with E-state index in [1.807, 2.05) is 55.7 Å². The number of aromatic nitrogens is 2. The van der Waals surface area contributed by atoms with Gasteiger partial charge in [0.15, 0.2) is 0 Å². The summed E-state index contributed by atoms with van der Waals surface area (Å²) in [7, 11) is 1.98. The van der Waals surface area contributed by atoms with E-state index < -0.39 is 0 Å². The summed E-state index contributed by atoms with van der Waals surface area (Å²) in [6, 6.07) is 11.6. The Hall–Kier alpha value is -2.90. The third-order valence-electron chi connectivity index (χ3n) is 4.52. The lowest BCUT2D eigenvalue weighted by Gasteiger charge is -2.17. The Balaban J connectivity index is 1.43. The standard InChI is InChI=1S/C21H21N3O3S/c1-14-6-3-4-7-16(14)27-11-9-24(2)12-18-22-20(25)19-15(13-28-21(19)23-18)17-8-5-10-26-17/h3-8,10,13H,9,11-12H2,1-2H3,(H,22,23,25). The van der Waals surface area contributed by atoms with Crippen LogP contribution in [0.1, 0.15) is 11.4 Å². The van der Waals surface area contributed by atoms with Crippen molar-refractivity contribution in [1.82, 2.24) is 14.9 Å². The third kappa shape index (κ3) is 3.85. The fourth-order valence-corrected chi connectivity index (χ4v) is 3.99. The minimum Gasteiger partial charge on any atom is -0.492 e. The summed E-state index contributed by atoms with van der Waals surface area (Å²) in [6.07, 6.45) is 1.60. The van der Waals surface area contributed by atoms with Crippen LogP contribution in [0.4, 0.5) is 0 Å². The second-order valence-corrected chi connectivity index (χ2v) is 7.53. The minimum absolute atomic E-state index is 0.141. The highest BCUT2D eigenvalue weighted by Crippen LogP contribution is 2.30. The first-order valence-corrected chi connectivity index (χ1v) is 9.91. The van der Waals surface area contributed by atoms with Gasteiger partial charge in [0, 0.05) is 17.5 Å². The Morgan fingerprint density at radius 2 is 2.11 bits per heavy atom. The molecule has 0 aliphatic rings. The van der Waals surface area contributed by atoms with Gasteiger partial charge in [0.25, 0.3) is 5.56 Å². The molecule has 0 atom stereocenters. The SMILES string of the molecule is Cc1ccccc1OCCN(C)Cc1nc2scc(-c3ccco3)c2c(=O)[nH]1. The predicted octanol–water partition coefficient (Wildman–Crippen LogP) is 4.06. The average molecular weight is 395 g/mol. The number of furan rings is 1. The molecule has 0 saturated heterocycles. The van der Waals surface area contributed by atoms with Gasteiger partial charge in [0.2, 0.25) is 0 Å². The molecule has 0 aliphatic heterocycles. The second-order valence-electron chi connectivity index (χ2n) is 6.67. The molecule has 0 radical (unpaired) electrons. The Labute approximate surface area is 166 Å². The summed E-state index contributed by atoms with van der Waals surface area (Å²) in [5, 5.41) is 2.49. The quantitative estimate of drug-likeness (QED) is 0.511. The molecule has 0 bridgehead atoms. The number of aromatic amines is 1. The molecule has 144 valence electrons. The van der Waals surface area contributed by atoms with Gasteiger partial charge in [-0.05, 0) is 37.7 Å². The van der Waals surface area contributed by atoms with Crippen molar-refractivity contribution < 1.29 is 9.15 Å². The number of nitrogens with zero attached hydrogens (tertiary/aromatic N) is 2. The van der Waals surface area contributed by atoms with E-state index in [0.29, 0.717) is 30.1 Å². The smallest absolute Gasteiger partial charge is 0.260 e. The topological polar surface area (TPSA) is 71.4 Å². The number of hydrogen-bond acceptors (Lipinski definition) is 6. The molecule has 3 heterocycles. The lowest BCUT2D eigenvalue weighted by molar-refractivity contribution is 0.229. The molecular weight excluding hydrogens is 374 g/mol. The first-order chi connectivity index (χ1) is 13.6. The van der Waals surface area contributed by atoms with Crippen LogP contribution in [-0.2, 0) is 6.54 Å². The first kappa shape index (κ1) is 18.5. The summed E-state index contributed by atoms with van der Waals surface area (Å²) >= 11 is 1.45. The van der Waals surface area contributed by atoms with E-state index in [2.05, 4.69) is 14.9 Å². The largest absolute Gasteiger partial charge is 0.492 e. The Morgan fingerprint density at radius 3 is 2.89 bits per heavy atom. The molecule has 1 N–H and O–H groups in total. The highest BCUT2D eigenvalue weighted by molar-refractivity contribution is 7.17. The molecule has 0 amide bonds. The molecule has 4 aromatic rings. The van der Waals surface area contributed by atoms with Gasteiger partial charge in [0.1, 0.15) is 28.8 Å². The molecule has 0 unspecified atom stereocenters. The zero-order chi connectivity index (χ0) is 19.5. The highest BCUT2D eigenvalue weighted by atomic mass is 32.1. The van der Waals surface area contributed by atoms with Crippen molar-refractivity contribution in [3.8, 4) is 17.1 Å². The van der Waals surface area contributed by atoms with Crippen LogP contribution < -0.4 is 10.3 Å². The summed E-state index contributed by atoms with van der Waals surface area (Å²) in [5.41, 5.74) is 1.76. The van der Waals surface area contributed by atoms with Crippen molar-refractivity contribution >= 4 is 21.6 Å². The molecule has 0 saturated carbocycles. The van der Waals surface area contributed by atoms with E-state index in [1.165, 1.54) is 11.3 Å². The number of para-hydroxylation sites is 1. The monoisotopic (exact) mass is 395 g/mol. The molecule has 6 nitrogen and oxygen atoms in total. The zero-order valence-electron chi connectivity index (χ0n) is 15.8. The van der Waals surface area contributed by atoms with E-state index in [0.717, 1.165) is 28.3 Å². The van der Waals surface area contributed by atoms with Gasteiger partial charge in [-0.15, -0.1) is 11.3 Å². The van der Waals surface area contributed by atoms with Crippen LogP contribution in [0.15, 0.2) is 57.3 Å². The van der Waals surface area contributed by atoms with Crippen LogP contribution in [0, 0.1) is 6.92 Å². The maximum absolute atomic E-state index is 12.6. The molecule has 3 aromatic heterocycles. The number of rotatable bonds is 7. The number of likely N-dealkylation sites (N-methyl/N-ethyl adjacent to an activating group) is 1. The van der Waals surface area contributed by atoms with Gasteiger partial charge in [-0.3, -0.25) is 9.69 Å². The first-order valence-electron chi connectivity index (χ1n) is 9.03. The summed E-state index contributed by atoms with van der Waals surface area (Å²) in [5.74, 6) is 2.22. The zero-order valence-corrected chi connectivity index (χ0v) is 16.6. The van der Waals surface area contributed by atoms with E-state index in [-0.39, 0.29) is 5.56 Å². The Morgan fingerprint density at radius 1 is 1.25 bits per heavy atom. The maximum Gasteiger partial charge on any atom is 0.260 e. The molecule has 0 fully saturated rings. The number of thiophene rings is 1. The van der Waals surface area contributed by atoms with E-state index in [9.17, 15) is 4.79 Å². The fourth-order valence-electron chi connectivity index (χ4n) is 3.05. The van der Waals surface area contributed by atoms with Crippen molar-refractivity contribution in [2.24, 2.45) is 0 Å². The third-order valence-corrected chi connectivity index (χ3v) is 5.40. The molecule has 28 heavy (non-hydrogen) atoms. The van der Waals surface area contributed by atoms with Crippen molar-refractivity contribution in [2.45, 2.75) is 13.5 Å². The molecular formula is C21H21N3O3S. The van der Waals surface area contributed by atoms with Gasteiger partial charge >= 0.3 is 0 Å². The number of hydrogen-bond donors (Lipinski definition) is 1. The van der Waals surface area contributed by atoms with Crippen LogP contribution in [0.25, 0.3) is 21.5 Å². The van der Waals surface area contributed by atoms with Gasteiger partial charge < -0.3 is 14.1 Å². The molecule has 0 spiro atoms. The minimum atomic E-state index is -0.141. The van der Waals surface area contributed by atoms with Crippen molar-refractivity contribution in [1.29, 1.82) is 0 Å². The Kier molecular flexibility index (Phi) is 5.27. The van der Waals surface area contributed by atoms with Crippen LogP contribution >= 0.6 is 11.3 Å². The summed E-state index contributed by atoms with van der Waals surface area (Å²) in [4.78, 5) is 22.9. The molecule has 7 heteroatoms. The molecule has 1 aromatic carbocycles. The van der Waals surface area contributed by atoms with Crippen LogP contribution in [0.3, 0.4) is 0 Å². The van der Waals surface area contributed by atoms with Crippen LogP contribution in [-0.4, -0.2) is 35.1 Å². The lowest BCUT2D eigenvalue weighted by Crippen LogP contribution is -2.26. The lowest BCUT2D eigenvalue weighted by atomic mass is 10.2. The average Bonchev–Trinajstić information content (AvgIpc) is 3.32. The highest BCUT2D eigenvalue weighted by Gasteiger charge is 2.15. The molecule has 4 rings (SSSR count). The number of ether oxygens (including phenoxy) is 1. The number of H-pyrrole nitrogens is 1. The van der Waals surface area contributed by atoms with Crippen LogP contribution in [0.5, 0.6) is 5.75 Å². The van der Waals surface area contributed by atoms with Crippen molar-refractivity contribution in [2.75, 3.05) is 20.2 Å². The number of nitrogens with one attached hydrogen (secondary N) is 1. The second kappa shape index (κ2) is 8.00. The van der Waals surface area contributed by atoms with Crippen molar-refractivity contribution in [3.63, 3.8) is 0 Å². The van der Waals surface area contributed by atoms with Crippen LogP contribution in [0.2, 0.25) is 0 Å². The number of aryl methyl sites for hydroxylation is 1. The van der Waals surface area contributed by atoms with Gasteiger partial charge in [0.05, 0.1) is 18.2 Å². The van der Waals surface area contributed by atoms with Gasteiger partial charge in [-0.2, -0.15) is 0 Å². The van der Waals surface area contributed by atoms with E-state index >= 15 is 0 Å². The summed E-state index contributed by atoms with van der Waals surface area (Å²) in [6.45, 7) is 3.85. The van der Waals surface area contributed by atoms with Crippen molar-refractivity contribution in [3.05, 3.63) is 69.8 Å². The summed E-state index contributed by atoms with van der Waals surface area (Å²) < 4.78 is 11.3. The Bertz CT molecular complexity index is 1130. The number of fused-ring (bicyclic) bond motifs is 1. The van der Waals surface area contributed by atoms with Gasteiger partial charge in [-0.1, -0.05) is 18.2 Å². The molecule has 0 aliphatic carbocycles. The predicted molar refractivity (Wildman–Crippen MR) is 111 cm³/mol.